The summed E-state index contributed by atoms with van der Waals surface area (Å²) in [6.45, 7) is 3.33. The van der Waals surface area contributed by atoms with Gasteiger partial charge in [0.15, 0.2) is 0 Å². The topological polar surface area (TPSA) is 52.6 Å². The lowest BCUT2D eigenvalue weighted by molar-refractivity contribution is 0.0771. The normalized spacial score (nSPS) is 21.1. The smallest absolute Gasteiger partial charge is 0.255 e. The number of likely N-dealkylation sites (tertiary alicyclic amines) is 1. The van der Waals surface area contributed by atoms with Crippen molar-refractivity contribution in [2.75, 3.05) is 25.0 Å². The standard InChI is InChI=1S/C30H34N2O2/c33-29-24(17-20-32-18-15-23(16-19-32)22-7-3-1-4-8-22)11-12-25-21-26(13-14-28(25)29)30(34)31-27-9-5-2-6-10-27/h1-10,13-14,21,23-24,29,33H,11-12,15-20H2,(H,31,34)/t24-,29+/m0/s1. The first-order valence-corrected chi connectivity index (χ1v) is 12.6. The number of nitrogens with zero attached hydrogens (tertiary/aromatic N) is 1. The van der Waals surface area contributed by atoms with Crippen molar-refractivity contribution < 1.29 is 9.90 Å². The van der Waals surface area contributed by atoms with Crippen molar-refractivity contribution in [3.8, 4) is 0 Å². The zero-order chi connectivity index (χ0) is 23.3. The molecule has 1 amide bonds. The monoisotopic (exact) mass is 454 g/mol. The van der Waals surface area contributed by atoms with Crippen LogP contribution in [0.25, 0.3) is 0 Å². The van der Waals surface area contributed by atoms with Gasteiger partial charge in [0.25, 0.3) is 5.91 Å². The van der Waals surface area contributed by atoms with Gasteiger partial charge in [-0.2, -0.15) is 0 Å². The van der Waals surface area contributed by atoms with E-state index in [1.165, 1.54) is 18.4 Å². The van der Waals surface area contributed by atoms with Gasteiger partial charge in [-0.3, -0.25) is 4.79 Å². The lowest BCUT2D eigenvalue weighted by Crippen LogP contribution is -2.35. The summed E-state index contributed by atoms with van der Waals surface area (Å²) in [7, 11) is 0. The molecule has 0 saturated carbocycles. The molecule has 0 spiro atoms. The molecule has 1 aliphatic heterocycles. The third-order valence-corrected chi connectivity index (χ3v) is 7.66. The van der Waals surface area contributed by atoms with Gasteiger partial charge in [0.2, 0.25) is 0 Å². The van der Waals surface area contributed by atoms with Crippen LogP contribution in [0.4, 0.5) is 5.69 Å². The molecule has 2 atom stereocenters. The minimum Gasteiger partial charge on any atom is -0.388 e. The lowest BCUT2D eigenvalue weighted by atomic mass is 9.79. The second-order valence-corrected chi connectivity index (χ2v) is 9.79. The first kappa shape index (κ1) is 22.8. The third kappa shape index (κ3) is 5.24. The number of piperidine rings is 1. The summed E-state index contributed by atoms with van der Waals surface area (Å²) in [5.41, 5.74) is 5.01. The highest BCUT2D eigenvalue weighted by molar-refractivity contribution is 6.04. The molecule has 34 heavy (non-hydrogen) atoms. The molecule has 1 heterocycles. The van der Waals surface area contributed by atoms with Gasteiger partial charge >= 0.3 is 0 Å². The molecule has 3 aromatic rings. The van der Waals surface area contributed by atoms with Gasteiger partial charge in [0.05, 0.1) is 6.10 Å². The van der Waals surface area contributed by atoms with E-state index < -0.39 is 6.10 Å². The average Bonchev–Trinajstić information content (AvgIpc) is 2.89. The first-order chi connectivity index (χ1) is 16.7. The number of hydrogen-bond donors (Lipinski definition) is 2. The Labute approximate surface area is 202 Å². The Bertz CT molecular complexity index is 1090. The van der Waals surface area contributed by atoms with Crippen molar-refractivity contribution in [3.05, 3.63) is 101 Å². The Balaban J connectivity index is 1.14. The molecule has 4 nitrogen and oxygen atoms in total. The van der Waals surface area contributed by atoms with Gasteiger partial charge in [-0.05, 0) is 105 Å². The van der Waals surface area contributed by atoms with Gasteiger partial charge in [0.1, 0.15) is 0 Å². The number of nitrogens with one attached hydrogen (secondary N) is 1. The van der Waals surface area contributed by atoms with E-state index in [0.29, 0.717) is 11.5 Å². The number of amides is 1. The van der Waals surface area contributed by atoms with E-state index in [1.54, 1.807) is 0 Å². The maximum atomic E-state index is 12.7. The zero-order valence-electron chi connectivity index (χ0n) is 19.7. The van der Waals surface area contributed by atoms with Crippen LogP contribution >= 0.6 is 0 Å². The predicted molar refractivity (Wildman–Crippen MR) is 137 cm³/mol. The summed E-state index contributed by atoms with van der Waals surface area (Å²) in [6.07, 6.45) is 4.89. The predicted octanol–water partition coefficient (Wildman–Crippen LogP) is 5.80. The average molecular weight is 455 g/mol. The SMILES string of the molecule is O=C(Nc1ccccc1)c1ccc2c(c1)CC[C@@H](CCN1CCC(c3ccccc3)CC1)[C@H]2O. The van der Waals surface area contributed by atoms with E-state index in [-0.39, 0.29) is 11.8 Å². The highest BCUT2D eigenvalue weighted by atomic mass is 16.3. The van der Waals surface area contributed by atoms with E-state index in [9.17, 15) is 9.90 Å². The Morgan fingerprint density at radius 1 is 0.912 bits per heavy atom. The zero-order valence-corrected chi connectivity index (χ0v) is 19.7. The van der Waals surface area contributed by atoms with Crippen LogP contribution in [0.3, 0.4) is 0 Å². The van der Waals surface area contributed by atoms with Crippen LogP contribution in [-0.2, 0) is 6.42 Å². The number of benzene rings is 3. The number of hydrogen-bond acceptors (Lipinski definition) is 3. The Morgan fingerprint density at radius 3 is 2.35 bits per heavy atom. The molecular weight excluding hydrogens is 420 g/mol. The van der Waals surface area contributed by atoms with Crippen LogP contribution < -0.4 is 5.32 Å². The molecule has 1 aliphatic carbocycles. The number of para-hydroxylation sites is 1. The summed E-state index contributed by atoms with van der Waals surface area (Å²) in [5, 5.41) is 14.0. The summed E-state index contributed by atoms with van der Waals surface area (Å²) in [6, 6.07) is 26.2. The van der Waals surface area contributed by atoms with Gasteiger partial charge in [-0.25, -0.2) is 0 Å². The van der Waals surface area contributed by atoms with E-state index >= 15 is 0 Å². The van der Waals surface area contributed by atoms with E-state index in [2.05, 4.69) is 40.5 Å². The van der Waals surface area contributed by atoms with Crippen LogP contribution in [0.15, 0.2) is 78.9 Å². The number of carbonyl (C=O) groups is 1. The fourth-order valence-electron chi connectivity index (χ4n) is 5.60. The molecule has 1 fully saturated rings. The third-order valence-electron chi connectivity index (χ3n) is 7.66. The molecule has 176 valence electrons. The number of carbonyl (C=O) groups excluding carboxylic acids is 1. The van der Waals surface area contributed by atoms with Crippen LogP contribution in [0, 0.1) is 5.92 Å². The fraction of sp³-hybridized carbons (Fsp3) is 0.367. The highest BCUT2D eigenvalue weighted by Crippen LogP contribution is 2.37. The molecule has 4 heteroatoms. The Hall–Kier alpha value is -2.95. The van der Waals surface area contributed by atoms with E-state index in [4.69, 9.17) is 0 Å². The van der Waals surface area contributed by atoms with Crippen LogP contribution in [0.5, 0.6) is 0 Å². The number of aliphatic hydroxyl groups is 1. The fourth-order valence-corrected chi connectivity index (χ4v) is 5.60. The number of aryl methyl sites for hydroxylation is 1. The van der Waals surface area contributed by atoms with E-state index in [1.807, 2.05) is 48.5 Å². The number of fused-ring (bicyclic) bond motifs is 1. The molecule has 0 radical (unpaired) electrons. The maximum Gasteiger partial charge on any atom is 0.255 e. The number of aliphatic hydroxyl groups excluding tert-OH is 1. The molecule has 1 saturated heterocycles. The molecular formula is C30H34N2O2. The van der Waals surface area contributed by atoms with Gasteiger partial charge in [0, 0.05) is 11.3 Å². The number of rotatable bonds is 6. The molecule has 0 unspecified atom stereocenters. The van der Waals surface area contributed by atoms with Crippen LogP contribution in [0.2, 0.25) is 0 Å². The van der Waals surface area contributed by atoms with Crippen molar-refractivity contribution >= 4 is 11.6 Å². The van der Waals surface area contributed by atoms with Crippen molar-refractivity contribution in [1.82, 2.24) is 4.90 Å². The minimum absolute atomic E-state index is 0.107. The van der Waals surface area contributed by atoms with Crippen LogP contribution in [0.1, 0.15) is 64.8 Å². The second-order valence-electron chi connectivity index (χ2n) is 9.79. The second kappa shape index (κ2) is 10.5. The van der Waals surface area contributed by atoms with Gasteiger partial charge in [-0.15, -0.1) is 0 Å². The molecule has 3 aromatic carbocycles. The molecule has 0 bridgehead atoms. The largest absolute Gasteiger partial charge is 0.388 e. The van der Waals surface area contributed by atoms with Gasteiger partial charge in [-0.1, -0.05) is 54.6 Å². The maximum absolute atomic E-state index is 12.7. The van der Waals surface area contributed by atoms with Crippen molar-refractivity contribution in [2.45, 2.75) is 44.1 Å². The lowest BCUT2D eigenvalue weighted by Gasteiger charge is -2.35. The van der Waals surface area contributed by atoms with Crippen molar-refractivity contribution in [3.63, 3.8) is 0 Å². The number of anilines is 1. The summed E-state index contributed by atoms with van der Waals surface area (Å²) < 4.78 is 0. The quantitative estimate of drug-likeness (QED) is 0.495. The highest BCUT2D eigenvalue weighted by Gasteiger charge is 2.29. The molecule has 2 N–H and O–H groups in total. The Morgan fingerprint density at radius 2 is 1.62 bits per heavy atom. The molecule has 0 aromatic heterocycles. The van der Waals surface area contributed by atoms with Crippen LogP contribution in [-0.4, -0.2) is 35.5 Å². The summed E-state index contributed by atoms with van der Waals surface area (Å²) in [5.74, 6) is 0.853. The summed E-state index contributed by atoms with van der Waals surface area (Å²) in [4.78, 5) is 15.2. The molecule has 5 rings (SSSR count). The first-order valence-electron chi connectivity index (χ1n) is 12.6. The van der Waals surface area contributed by atoms with E-state index in [0.717, 1.165) is 55.7 Å². The molecule has 2 aliphatic rings. The summed E-state index contributed by atoms with van der Waals surface area (Å²) >= 11 is 0. The van der Waals surface area contributed by atoms with Crippen molar-refractivity contribution in [1.29, 1.82) is 0 Å². The Kier molecular flexibility index (Phi) is 7.08. The minimum atomic E-state index is -0.447. The van der Waals surface area contributed by atoms with Crippen molar-refractivity contribution in [2.24, 2.45) is 5.92 Å². The van der Waals surface area contributed by atoms with Gasteiger partial charge < -0.3 is 15.3 Å².